The Kier molecular flexibility index (Phi) is 5.93. The molecule has 0 spiro atoms. The molecule has 5 nitrogen and oxygen atoms in total. The predicted octanol–water partition coefficient (Wildman–Crippen LogP) is 4.67. The summed E-state index contributed by atoms with van der Waals surface area (Å²) in [6.45, 7) is 15.0. The number of rotatable bonds is 4. The third-order valence-corrected chi connectivity index (χ3v) is 4.34. The van der Waals surface area contributed by atoms with Crippen molar-refractivity contribution in [3.05, 3.63) is 47.4 Å². The highest BCUT2D eigenvalue weighted by Gasteiger charge is 2.23. The zero-order valence-electron chi connectivity index (χ0n) is 17.8. The standard InChI is InChI=1S/C22H32N4O/c1-15(27)25-18-12-16(13-24-19(18)22(5,6)7)14-26(8)20-17(21(2,3)4)10-9-11-23-20/h9-13H,14H2,1-8H3,(H,25,27). The minimum absolute atomic E-state index is 0.00748. The number of nitrogens with one attached hydrogen (secondary N) is 1. The molecule has 2 aromatic heterocycles. The molecular formula is C22H32N4O. The van der Waals surface area contributed by atoms with Crippen LogP contribution in [0.15, 0.2) is 30.6 Å². The van der Waals surface area contributed by atoms with Crippen LogP contribution < -0.4 is 10.2 Å². The Morgan fingerprint density at radius 1 is 1.11 bits per heavy atom. The van der Waals surface area contributed by atoms with E-state index < -0.39 is 0 Å². The van der Waals surface area contributed by atoms with Gasteiger partial charge in [-0.25, -0.2) is 4.98 Å². The molecule has 0 aliphatic rings. The molecule has 0 radical (unpaired) electrons. The van der Waals surface area contributed by atoms with Crippen molar-refractivity contribution in [1.82, 2.24) is 9.97 Å². The van der Waals surface area contributed by atoms with Crippen molar-refractivity contribution in [2.75, 3.05) is 17.3 Å². The van der Waals surface area contributed by atoms with E-state index in [0.717, 1.165) is 22.8 Å². The van der Waals surface area contributed by atoms with Crippen LogP contribution in [0, 0.1) is 0 Å². The molecule has 146 valence electrons. The average molecular weight is 369 g/mol. The lowest BCUT2D eigenvalue weighted by molar-refractivity contribution is -0.114. The van der Waals surface area contributed by atoms with Crippen LogP contribution in [-0.4, -0.2) is 22.9 Å². The van der Waals surface area contributed by atoms with Gasteiger partial charge in [-0.2, -0.15) is 0 Å². The maximum Gasteiger partial charge on any atom is 0.221 e. The topological polar surface area (TPSA) is 58.1 Å². The van der Waals surface area contributed by atoms with Gasteiger partial charge >= 0.3 is 0 Å². The number of nitrogens with zero attached hydrogens (tertiary/aromatic N) is 3. The summed E-state index contributed by atoms with van der Waals surface area (Å²) in [5, 5.41) is 2.93. The Morgan fingerprint density at radius 3 is 2.33 bits per heavy atom. The van der Waals surface area contributed by atoms with E-state index in [2.05, 4.69) is 67.8 Å². The molecule has 0 fully saturated rings. The minimum atomic E-state index is -0.150. The normalized spacial score (nSPS) is 12.0. The molecule has 2 rings (SSSR count). The fourth-order valence-corrected chi connectivity index (χ4v) is 3.11. The Balaban J connectivity index is 2.37. The molecule has 0 saturated heterocycles. The van der Waals surface area contributed by atoms with Crippen LogP contribution in [0.1, 0.15) is 65.3 Å². The van der Waals surface area contributed by atoms with Crippen molar-refractivity contribution in [1.29, 1.82) is 0 Å². The number of hydrogen-bond donors (Lipinski definition) is 1. The van der Waals surface area contributed by atoms with Gasteiger partial charge in [0.1, 0.15) is 5.82 Å². The van der Waals surface area contributed by atoms with E-state index in [1.165, 1.54) is 12.5 Å². The summed E-state index contributed by atoms with van der Waals surface area (Å²) < 4.78 is 0. The van der Waals surface area contributed by atoms with E-state index in [9.17, 15) is 4.79 Å². The Labute approximate surface area is 163 Å². The smallest absolute Gasteiger partial charge is 0.221 e. The molecule has 0 aliphatic carbocycles. The van der Waals surface area contributed by atoms with E-state index in [-0.39, 0.29) is 16.7 Å². The number of aromatic nitrogens is 2. The largest absolute Gasteiger partial charge is 0.355 e. The van der Waals surface area contributed by atoms with E-state index in [1.807, 2.05) is 31.6 Å². The summed E-state index contributed by atoms with van der Waals surface area (Å²) in [5.41, 5.74) is 3.75. The molecule has 2 aromatic rings. The maximum atomic E-state index is 11.6. The molecule has 5 heteroatoms. The predicted molar refractivity (Wildman–Crippen MR) is 112 cm³/mol. The fourth-order valence-electron chi connectivity index (χ4n) is 3.11. The van der Waals surface area contributed by atoms with Crippen molar-refractivity contribution < 1.29 is 4.79 Å². The molecule has 1 N–H and O–H groups in total. The van der Waals surface area contributed by atoms with E-state index in [0.29, 0.717) is 6.54 Å². The van der Waals surface area contributed by atoms with Gasteiger partial charge in [0.15, 0.2) is 0 Å². The zero-order valence-corrected chi connectivity index (χ0v) is 17.8. The number of hydrogen-bond acceptors (Lipinski definition) is 4. The van der Waals surface area contributed by atoms with Gasteiger partial charge in [0.05, 0.1) is 11.4 Å². The van der Waals surface area contributed by atoms with Crippen LogP contribution >= 0.6 is 0 Å². The summed E-state index contributed by atoms with van der Waals surface area (Å²) in [7, 11) is 2.04. The highest BCUT2D eigenvalue weighted by atomic mass is 16.1. The van der Waals surface area contributed by atoms with Crippen LogP contribution in [0.25, 0.3) is 0 Å². The summed E-state index contributed by atoms with van der Waals surface area (Å²) in [6, 6.07) is 6.13. The van der Waals surface area contributed by atoms with Crippen LogP contribution in [-0.2, 0) is 22.2 Å². The maximum absolute atomic E-state index is 11.6. The highest BCUT2D eigenvalue weighted by Crippen LogP contribution is 2.31. The van der Waals surface area contributed by atoms with Crippen molar-refractivity contribution in [3.63, 3.8) is 0 Å². The number of pyridine rings is 2. The second-order valence-corrected chi connectivity index (χ2v) is 9.15. The molecule has 0 atom stereocenters. The summed E-state index contributed by atoms with van der Waals surface area (Å²) in [6.07, 6.45) is 3.72. The van der Waals surface area contributed by atoms with Crippen LogP contribution in [0.4, 0.5) is 11.5 Å². The summed E-state index contributed by atoms with van der Waals surface area (Å²) in [5.74, 6) is 0.874. The minimum Gasteiger partial charge on any atom is -0.355 e. The van der Waals surface area contributed by atoms with Crippen molar-refractivity contribution in [2.24, 2.45) is 0 Å². The molecule has 0 bridgehead atoms. The van der Waals surface area contributed by atoms with Crippen LogP contribution in [0.5, 0.6) is 0 Å². The van der Waals surface area contributed by atoms with Crippen molar-refractivity contribution >= 4 is 17.4 Å². The van der Waals surface area contributed by atoms with Gasteiger partial charge in [0, 0.05) is 43.9 Å². The zero-order chi connectivity index (χ0) is 20.4. The molecule has 1 amide bonds. The summed E-state index contributed by atoms with van der Waals surface area (Å²) in [4.78, 5) is 23.0. The Morgan fingerprint density at radius 2 is 1.78 bits per heavy atom. The second-order valence-electron chi connectivity index (χ2n) is 9.15. The first-order valence-corrected chi connectivity index (χ1v) is 9.33. The lowest BCUT2D eigenvalue weighted by Gasteiger charge is -2.28. The van der Waals surface area contributed by atoms with Gasteiger partial charge in [0.2, 0.25) is 5.91 Å². The van der Waals surface area contributed by atoms with Crippen molar-refractivity contribution in [3.8, 4) is 0 Å². The summed E-state index contributed by atoms with van der Waals surface area (Å²) >= 11 is 0. The second kappa shape index (κ2) is 7.67. The molecule has 2 heterocycles. The lowest BCUT2D eigenvalue weighted by atomic mass is 9.87. The molecule has 0 unspecified atom stereocenters. The monoisotopic (exact) mass is 368 g/mol. The average Bonchev–Trinajstić information content (AvgIpc) is 2.52. The third-order valence-electron chi connectivity index (χ3n) is 4.34. The quantitative estimate of drug-likeness (QED) is 0.852. The highest BCUT2D eigenvalue weighted by molar-refractivity contribution is 5.89. The number of anilines is 2. The van der Waals surface area contributed by atoms with Crippen molar-refractivity contribution in [2.45, 2.75) is 65.8 Å². The first-order valence-electron chi connectivity index (χ1n) is 9.33. The Bertz CT molecular complexity index is 816. The molecule has 0 aromatic carbocycles. The molecule has 27 heavy (non-hydrogen) atoms. The first kappa shape index (κ1) is 20.9. The van der Waals surface area contributed by atoms with Crippen LogP contribution in [0.3, 0.4) is 0 Å². The van der Waals surface area contributed by atoms with Gasteiger partial charge in [0.25, 0.3) is 0 Å². The number of carbonyl (C=O) groups is 1. The first-order chi connectivity index (χ1) is 12.4. The van der Waals surface area contributed by atoms with Gasteiger partial charge in [-0.1, -0.05) is 47.6 Å². The number of carbonyl (C=O) groups excluding carboxylic acids is 1. The molecule has 0 saturated carbocycles. The molecule has 0 aliphatic heterocycles. The lowest BCUT2D eigenvalue weighted by Crippen LogP contribution is -2.24. The van der Waals surface area contributed by atoms with Gasteiger partial charge in [-0.3, -0.25) is 9.78 Å². The fraction of sp³-hybridized carbons (Fsp3) is 0.500. The van der Waals surface area contributed by atoms with Crippen LogP contribution in [0.2, 0.25) is 0 Å². The number of amides is 1. The van der Waals surface area contributed by atoms with Gasteiger partial charge in [-0.05, 0) is 23.1 Å². The van der Waals surface area contributed by atoms with E-state index >= 15 is 0 Å². The van der Waals surface area contributed by atoms with E-state index in [1.54, 1.807) is 0 Å². The molecular weight excluding hydrogens is 336 g/mol. The van der Waals surface area contributed by atoms with Gasteiger partial charge < -0.3 is 10.2 Å². The van der Waals surface area contributed by atoms with Gasteiger partial charge in [-0.15, -0.1) is 0 Å². The third kappa shape index (κ3) is 5.28. The SMILES string of the molecule is CC(=O)Nc1cc(CN(C)c2ncccc2C(C)(C)C)cnc1C(C)(C)C. The van der Waals surface area contributed by atoms with E-state index in [4.69, 9.17) is 0 Å². The Hall–Kier alpha value is -2.43.